The van der Waals surface area contributed by atoms with E-state index in [1.807, 2.05) is 36.7 Å². The van der Waals surface area contributed by atoms with E-state index < -0.39 is 0 Å². The van der Waals surface area contributed by atoms with Gasteiger partial charge < -0.3 is 5.32 Å². The van der Waals surface area contributed by atoms with Gasteiger partial charge in [0.25, 0.3) is 0 Å². The normalized spacial score (nSPS) is 21.4. The van der Waals surface area contributed by atoms with E-state index in [-0.39, 0.29) is 5.82 Å². The molecule has 0 saturated carbocycles. The number of benzene rings is 1. The molecule has 5 nitrogen and oxygen atoms in total. The Labute approximate surface area is 201 Å². The lowest BCUT2D eigenvalue weighted by molar-refractivity contribution is 0.226. The van der Waals surface area contributed by atoms with Gasteiger partial charge in [0.05, 0.1) is 11.4 Å². The van der Waals surface area contributed by atoms with Crippen LogP contribution in [0.3, 0.4) is 0 Å². The molecule has 178 valence electrons. The highest BCUT2D eigenvalue weighted by Gasteiger charge is 2.23. The number of aromatic nitrogens is 3. The summed E-state index contributed by atoms with van der Waals surface area (Å²) in [6, 6.07) is 11.6. The molecule has 1 fully saturated rings. The zero-order valence-corrected chi connectivity index (χ0v) is 19.7. The number of H-pyrrole nitrogens is 1. The predicted octanol–water partition coefficient (Wildman–Crippen LogP) is 5.22. The summed E-state index contributed by atoms with van der Waals surface area (Å²) < 4.78 is 14.3. The number of pyridine rings is 1. The summed E-state index contributed by atoms with van der Waals surface area (Å²) in [7, 11) is 0. The van der Waals surface area contributed by atoms with Gasteiger partial charge in [-0.25, -0.2) is 4.39 Å². The van der Waals surface area contributed by atoms with Crippen LogP contribution in [0, 0.1) is 11.7 Å². The number of halogens is 1. The molecule has 3 aromatic rings. The standard InChI is InChI=1S/C28H34FN5/c29-26-9-5-4-7-23(26)19-34-16-6-2-1-3-8-24(20-34)31-18-21-10-11-27-25(17-21)28(33-32-27)22-12-14-30-15-13-22/h4-5,7,9-15,21,24,31H,1-3,6,8,16-20H2,(H,32,33). The molecular weight excluding hydrogens is 425 g/mol. The van der Waals surface area contributed by atoms with Crippen LogP contribution in [-0.2, 0) is 13.0 Å². The van der Waals surface area contributed by atoms with Gasteiger partial charge in [0.15, 0.2) is 0 Å². The number of nitrogens with zero attached hydrogens (tertiary/aromatic N) is 3. The molecule has 2 aromatic heterocycles. The van der Waals surface area contributed by atoms with Gasteiger partial charge in [-0.05, 0) is 56.0 Å². The molecule has 1 saturated heterocycles. The molecule has 0 amide bonds. The molecule has 0 spiro atoms. The van der Waals surface area contributed by atoms with Crippen LogP contribution in [0.4, 0.5) is 4.39 Å². The number of hydrogen-bond donors (Lipinski definition) is 2. The Hall–Kier alpha value is -2.83. The van der Waals surface area contributed by atoms with Crippen molar-refractivity contribution in [3.8, 4) is 11.3 Å². The quantitative estimate of drug-likeness (QED) is 0.531. The predicted molar refractivity (Wildman–Crippen MR) is 135 cm³/mol. The number of fused-ring (bicyclic) bond motifs is 1. The van der Waals surface area contributed by atoms with E-state index in [1.54, 1.807) is 12.1 Å². The second kappa shape index (κ2) is 11.1. The minimum atomic E-state index is -0.0971. The minimum Gasteiger partial charge on any atom is -0.312 e. The van der Waals surface area contributed by atoms with Crippen molar-refractivity contribution < 1.29 is 4.39 Å². The lowest BCUT2D eigenvalue weighted by atomic mass is 9.90. The van der Waals surface area contributed by atoms with Crippen LogP contribution in [0.2, 0.25) is 0 Å². The zero-order chi connectivity index (χ0) is 23.2. The van der Waals surface area contributed by atoms with Crippen molar-refractivity contribution in [2.75, 3.05) is 19.6 Å². The second-order valence-corrected chi connectivity index (χ2v) is 9.66. The van der Waals surface area contributed by atoms with Crippen molar-refractivity contribution in [3.05, 3.63) is 77.5 Å². The van der Waals surface area contributed by atoms with Crippen LogP contribution in [0.25, 0.3) is 17.3 Å². The summed E-state index contributed by atoms with van der Waals surface area (Å²) in [5, 5.41) is 11.6. The van der Waals surface area contributed by atoms with Crippen LogP contribution in [0.15, 0.2) is 54.9 Å². The first-order chi connectivity index (χ1) is 16.8. The molecule has 1 aliphatic heterocycles. The van der Waals surface area contributed by atoms with Crippen LogP contribution >= 0.6 is 0 Å². The summed E-state index contributed by atoms with van der Waals surface area (Å²) in [4.78, 5) is 6.57. The van der Waals surface area contributed by atoms with Crippen LogP contribution in [0.1, 0.15) is 48.9 Å². The fraction of sp³-hybridized carbons (Fsp3) is 0.429. The SMILES string of the molecule is Fc1ccccc1CN1CCCCCCC(NCC2C=Cc3[nH]nc(-c4ccncc4)c3C2)C1. The molecule has 2 atom stereocenters. The average molecular weight is 460 g/mol. The maximum Gasteiger partial charge on any atom is 0.127 e. The smallest absolute Gasteiger partial charge is 0.127 e. The third-order valence-corrected chi connectivity index (χ3v) is 7.13. The summed E-state index contributed by atoms with van der Waals surface area (Å²) in [5.41, 5.74) is 5.34. The minimum absolute atomic E-state index is 0.0971. The summed E-state index contributed by atoms with van der Waals surface area (Å²) in [6.07, 6.45) is 15.2. The van der Waals surface area contributed by atoms with Crippen molar-refractivity contribution in [2.45, 2.75) is 51.1 Å². The molecule has 6 heteroatoms. The third kappa shape index (κ3) is 5.62. The molecule has 0 radical (unpaired) electrons. The highest BCUT2D eigenvalue weighted by Crippen LogP contribution is 2.30. The largest absolute Gasteiger partial charge is 0.312 e. The first kappa shape index (κ1) is 22.9. The van der Waals surface area contributed by atoms with Crippen molar-refractivity contribution >= 4 is 6.08 Å². The van der Waals surface area contributed by atoms with Gasteiger partial charge in [0.2, 0.25) is 0 Å². The Morgan fingerprint density at radius 3 is 2.79 bits per heavy atom. The molecule has 34 heavy (non-hydrogen) atoms. The molecule has 5 rings (SSSR count). The second-order valence-electron chi connectivity index (χ2n) is 9.66. The summed E-state index contributed by atoms with van der Waals surface area (Å²) in [5.74, 6) is 0.332. The van der Waals surface area contributed by atoms with E-state index >= 15 is 0 Å². The highest BCUT2D eigenvalue weighted by atomic mass is 19.1. The average Bonchev–Trinajstić information content (AvgIpc) is 3.33. The number of aromatic amines is 1. The molecule has 1 aromatic carbocycles. The lowest BCUT2D eigenvalue weighted by Gasteiger charge is -2.29. The summed E-state index contributed by atoms with van der Waals surface area (Å²) in [6.45, 7) is 3.62. The monoisotopic (exact) mass is 459 g/mol. The Bertz CT molecular complexity index is 1090. The van der Waals surface area contributed by atoms with Crippen molar-refractivity contribution in [1.29, 1.82) is 0 Å². The zero-order valence-electron chi connectivity index (χ0n) is 19.7. The van der Waals surface area contributed by atoms with Crippen molar-refractivity contribution in [1.82, 2.24) is 25.4 Å². The Balaban J connectivity index is 1.22. The molecule has 1 aliphatic carbocycles. The van der Waals surface area contributed by atoms with Gasteiger partial charge >= 0.3 is 0 Å². The first-order valence-corrected chi connectivity index (χ1v) is 12.6. The highest BCUT2D eigenvalue weighted by molar-refractivity contribution is 5.69. The van der Waals surface area contributed by atoms with Crippen LogP contribution < -0.4 is 5.32 Å². The van der Waals surface area contributed by atoms with Gasteiger partial charge in [-0.2, -0.15) is 5.10 Å². The lowest BCUT2D eigenvalue weighted by Crippen LogP contribution is -2.43. The molecule has 3 heterocycles. The van der Waals surface area contributed by atoms with E-state index in [4.69, 9.17) is 0 Å². The molecule has 2 aliphatic rings. The maximum atomic E-state index is 14.3. The Kier molecular flexibility index (Phi) is 7.46. The van der Waals surface area contributed by atoms with E-state index in [1.165, 1.54) is 37.7 Å². The van der Waals surface area contributed by atoms with Crippen molar-refractivity contribution in [3.63, 3.8) is 0 Å². The van der Waals surface area contributed by atoms with E-state index in [0.29, 0.717) is 18.5 Å². The van der Waals surface area contributed by atoms with Crippen LogP contribution in [0.5, 0.6) is 0 Å². The number of hydrogen-bond acceptors (Lipinski definition) is 4. The Morgan fingerprint density at radius 2 is 1.91 bits per heavy atom. The maximum absolute atomic E-state index is 14.3. The van der Waals surface area contributed by atoms with Gasteiger partial charge in [-0.15, -0.1) is 0 Å². The van der Waals surface area contributed by atoms with Gasteiger partial charge in [-0.3, -0.25) is 15.0 Å². The van der Waals surface area contributed by atoms with E-state index in [0.717, 1.165) is 48.6 Å². The van der Waals surface area contributed by atoms with Gasteiger partial charge in [-0.1, -0.05) is 43.5 Å². The third-order valence-electron chi connectivity index (χ3n) is 7.13. The van der Waals surface area contributed by atoms with E-state index in [9.17, 15) is 4.39 Å². The van der Waals surface area contributed by atoms with Crippen LogP contribution in [-0.4, -0.2) is 45.8 Å². The summed E-state index contributed by atoms with van der Waals surface area (Å²) >= 11 is 0. The fourth-order valence-corrected chi connectivity index (χ4v) is 5.24. The van der Waals surface area contributed by atoms with Gasteiger partial charge in [0.1, 0.15) is 5.82 Å². The molecule has 2 N–H and O–H groups in total. The topological polar surface area (TPSA) is 56.8 Å². The van der Waals surface area contributed by atoms with Crippen molar-refractivity contribution in [2.24, 2.45) is 5.92 Å². The molecular formula is C28H34FN5. The number of rotatable bonds is 6. The molecule has 2 unspecified atom stereocenters. The Morgan fingerprint density at radius 1 is 1.06 bits per heavy atom. The first-order valence-electron chi connectivity index (χ1n) is 12.6. The number of nitrogens with one attached hydrogen (secondary N) is 2. The van der Waals surface area contributed by atoms with Gasteiger partial charge in [0, 0.05) is 54.8 Å². The van der Waals surface area contributed by atoms with E-state index in [2.05, 4.69) is 37.6 Å². The molecule has 0 bridgehead atoms. The fourth-order valence-electron chi connectivity index (χ4n) is 5.24.